The van der Waals surface area contributed by atoms with Gasteiger partial charge in [0, 0.05) is 24.7 Å². The van der Waals surface area contributed by atoms with Crippen LogP contribution in [-0.4, -0.2) is 23.1 Å². The number of hydrogen-bond donors (Lipinski definition) is 0. The lowest BCUT2D eigenvalue weighted by molar-refractivity contribution is 0.544. The van der Waals surface area contributed by atoms with E-state index in [1.54, 1.807) is 0 Å². The average molecular weight is 217 g/mol. The Hall–Kier alpha value is -1.38. The van der Waals surface area contributed by atoms with Crippen molar-refractivity contribution in [2.75, 3.05) is 18.0 Å². The first kappa shape index (κ1) is 11.1. The molecule has 0 spiro atoms. The Morgan fingerprint density at radius 3 is 2.69 bits per heavy atom. The summed E-state index contributed by atoms with van der Waals surface area (Å²) in [5.74, 6) is 1.96. The molecule has 0 aliphatic carbocycles. The summed E-state index contributed by atoms with van der Waals surface area (Å²) in [4.78, 5) is 11.3. The topological polar surface area (TPSA) is 29.0 Å². The van der Waals surface area contributed by atoms with E-state index in [0.717, 1.165) is 31.2 Å². The minimum Gasteiger partial charge on any atom is -0.352 e. The van der Waals surface area contributed by atoms with Crippen LogP contribution in [0.15, 0.2) is 24.4 Å². The third-order valence-corrected chi connectivity index (χ3v) is 2.69. The van der Waals surface area contributed by atoms with Gasteiger partial charge < -0.3 is 4.90 Å². The first-order valence-electron chi connectivity index (χ1n) is 5.81. The van der Waals surface area contributed by atoms with Crippen molar-refractivity contribution in [2.24, 2.45) is 0 Å². The number of aromatic nitrogens is 2. The van der Waals surface area contributed by atoms with Crippen molar-refractivity contribution in [3.05, 3.63) is 30.2 Å². The predicted octanol–water partition coefficient (Wildman–Crippen LogP) is 2.54. The minimum absolute atomic E-state index is 0.0155. The fourth-order valence-corrected chi connectivity index (χ4v) is 1.74. The Balaban J connectivity index is 2.25. The second-order valence-electron chi connectivity index (χ2n) is 5.19. The van der Waals surface area contributed by atoms with E-state index >= 15 is 0 Å². The molecule has 0 N–H and O–H groups in total. The largest absolute Gasteiger partial charge is 0.352 e. The van der Waals surface area contributed by atoms with Crippen LogP contribution in [0.1, 0.15) is 33.0 Å². The van der Waals surface area contributed by atoms with E-state index in [0.29, 0.717) is 0 Å². The molecule has 0 amide bonds. The lowest BCUT2D eigenvalue weighted by Gasteiger charge is -2.26. The molecular formula is C13H19N3. The van der Waals surface area contributed by atoms with Gasteiger partial charge in [0.2, 0.25) is 0 Å². The second-order valence-corrected chi connectivity index (χ2v) is 5.19. The number of nitrogens with zero attached hydrogens (tertiary/aromatic N) is 3. The zero-order chi connectivity index (χ0) is 11.6. The molecule has 3 heteroatoms. The van der Waals surface area contributed by atoms with Crippen molar-refractivity contribution in [1.29, 1.82) is 0 Å². The van der Waals surface area contributed by atoms with Crippen LogP contribution in [0.2, 0.25) is 0 Å². The smallest absolute Gasteiger partial charge is 0.135 e. The Labute approximate surface area is 97.2 Å². The molecule has 1 aromatic rings. The molecule has 2 heterocycles. The van der Waals surface area contributed by atoms with Crippen LogP contribution in [0.4, 0.5) is 5.82 Å². The van der Waals surface area contributed by atoms with Gasteiger partial charge in [-0.3, -0.25) is 0 Å². The monoisotopic (exact) mass is 217 g/mol. The van der Waals surface area contributed by atoms with E-state index in [2.05, 4.69) is 47.8 Å². The van der Waals surface area contributed by atoms with Gasteiger partial charge in [-0.2, -0.15) is 0 Å². The normalized spacial score (nSPS) is 16.6. The fourth-order valence-electron chi connectivity index (χ4n) is 1.74. The highest BCUT2D eigenvalue weighted by molar-refractivity contribution is 5.40. The maximum atomic E-state index is 4.65. The third-order valence-electron chi connectivity index (χ3n) is 2.69. The summed E-state index contributed by atoms with van der Waals surface area (Å²) in [6.45, 7) is 8.43. The van der Waals surface area contributed by atoms with Crippen molar-refractivity contribution in [2.45, 2.75) is 32.6 Å². The predicted molar refractivity (Wildman–Crippen MR) is 66.7 cm³/mol. The maximum Gasteiger partial charge on any atom is 0.135 e. The molecule has 0 aromatic carbocycles. The van der Waals surface area contributed by atoms with Crippen LogP contribution in [0.5, 0.6) is 0 Å². The summed E-state index contributed by atoms with van der Waals surface area (Å²) < 4.78 is 0. The summed E-state index contributed by atoms with van der Waals surface area (Å²) in [6, 6.07) is 1.99. The maximum absolute atomic E-state index is 4.65. The lowest BCUT2D eigenvalue weighted by atomic mass is 9.96. The number of hydrogen-bond acceptors (Lipinski definition) is 3. The molecule has 0 bridgehead atoms. The van der Waals surface area contributed by atoms with Crippen molar-refractivity contribution >= 4 is 5.82 Å². The van der Waals surface area contributed by atoms with E-state index in [1.165, 1.54) is 0 Å². The van der Waals surface area contributed by atoms with Gasteiger partial charge in [-0.1, -0.05) is 32.9 Å². The molecule has 2 rings (SSSR count). The van der Waals surface area contributed by atoms with Gasteiger partial charge in [0.25, 0.3) is 0 Å². The second kappa shape index (κ2) is 4.24. The highest BCUT2D eigenvalue weighted by Crippen LogP contribution is 2.21. The van der Waals surface area contributed by atoms with Gasteiger partial charge in [-0.05, 0) is 12.5 Å². The van der Waals surface area contributed by atoms with Crippen LogP contribution in [0, 0.1) is 0 Å². The standard InChI is InChI=1S/C13H19N3/c1-13(2,3)12-14-8-7-11(15-12)16-9-5-4-6-10-16/h4-5,7-8H,6,9-10H2,1-3H3. The SMILES string of the molecule is CC(C)(C)c1nccc(N2CC=CCC2)n1. The Bertz CT molecular complexity index is 390. The van der Waals surface area contributed by atoms with E-state index in [1.807, 2.05) is 12.3 Å². The van der Waals surface area contributed by atoms with Crippen LogP contribution < -0.4 is 4.90 Å². The van der Waals surface area contributed by atoms with E-state index in [9.17, 15) is 0 Å². The Kier molecular flexibility index (Phi) is 2.95. The van der Waals surface area contributed by atoms with Crippen LogP contribution in [0.3, 0.4) is 0 Å². The number of anilines is 1. The van der Waals surface area contributed by atoms with Crippen molar-refractivity contribution in [3.63, 3.8) is 0 Å². The lowest BCUT2D eigenvalue weighted by Crippen LogP contribution is -2.28. The summed E-state index contributed by atoms with van der Waals surface area (Å²) >= 11 is 0. The van der Waals surface area contributed by atoms with Crippen molar-refractivity contribution < 1.29 is 0 Å². The molecule has 16 heavy (non-hydrogen) atoms. The first-order chi connectivity index (χ1) is 7.57. The molecule has 0 atom stereocenters. The Morgan fingerprint density at radius 2 is 2.06 bits per heavy atom. The van der Waals surface area contributed by atoms with Crippen molar-refractivity contribution in [3.8, 4) is 0 Å². The van der Waals surface area contributed by atoms with Gasteiger partial charge in [0.15, 0.2) is 0 Å². The van der Waals surface area contributed by atoms with Gasteiger partial charge in [0.1, 0.15) is 11.6 Å². The van der Waals surface area contributed by atoms with Gasteiger partial charge in [0.05, 0.1) is 0 Å². The zero-order valence-electron chi connectivity index (χ0n) is 10.3. The fraction of sp³-hybridized carbons (Fsp3) is 0.538. The molecule has 3 nitrogen and oxygen atoms in total. The average Bonchev–Trinajstić information content (AvgIpc) is 2.29. The molecular weight excluding hydrogens is 198 g/mol. The molecule has 86 valence electrons. The highest BCUT2D eigenvalue weighted by atomic mass is 15.2. The molecule has 1 aromatic heterocycles. The molecule has 1 aliphatic heterocycles. The summed E-state index contributed by atoms with van der Waals surface area (Å²) in [5, 5.41) is 0. The van der Waals surface area contributed by atoms with Crippen molar-refractivity contribution in [1.82, 2.24) is 9.97 Å². The van der Waals surface area contributed by atoms with Gasteiger partial charge >= 0.3 is 0 Å². The molecule has 1 aliphatic rings. The van der Waals surface area contributed by atoms with Gasteiger partial charge in [-0.15, -0.1) is 0 Å². The first-order valence-corrected chi connectivity index (χ1v) is 5.81. The van der Waals surface area contributed by atoms with Crippen LogP contribution >= 0.6 is 0 Å². The van der Waals surface area contributed by atoms with E-state index in [-0.39, 0.29) is 5.41 Å². The van der Waals surface area contributed by atoms with Gasteiger partial charge in [-0.25, -0.2) is 9.97 Å². The highest BCUT2D eigenvalue weighted by Gasteiger charge is 2.18. The van der Waals surface area contributed by atoms with E-state index in [4.69, 9.17) is 0 Å². The molecule has 0 saturated heterocycles. The summed E-state index contributed by atoms with van der Waals surface area (Å²) in [6.07, 6.45) is 7.39. The molecule has 0 fully saturated rings. The molecule has 0 saturated carbocycles. The third kappa shape index (κ3) is 2.40. The summed E-state index contributed by atoms with van der Waals surface area (Å²) in [5.41, 5.74) is 0.0155. The van der Waals surface area contributed by atoms with Crippen LogP contribution in [-0.2, 0) is 5.41 Å². The minimum atomic E-state index is 0.0155. The quantitative estimate of drug-likeness (QED) is 0.677. The number of rotatable bonds is 1. The Morgan fingerprint density at radius 1 is 1.25 bits per heavy atom. The molecule has 0 unspecified atom stereocenters. The van der Waals surface area contributed by atoms with Crippen LogP contribution in [0.25, 0.3) is 0 Å². The summed E-state index contributed by atoms with van der Waals surface area (Å²) in [7, 11) is 0. The van der Waals surface area contributed by atoms with E-state index < -0.39 is 0 Å². The molecule has 0 radical (unpaired) electrons. The zero-order valence-corrected chi connectivity index (χ0v) is 10.3.